The molecule has 0 saturated heterocycles. The van der Waals surface area contributed by atoms with Crippen LogP contribution >= 0.6 is 0 Å². The van der Waals surface area contributed by atoms with Gasteiger partial charge in [0.25, 0.3) is 0 Å². The molecule has 0 N–H and O–H groups in total. The second-order valence-corrected chi connectivity index (χ2v) is 3.94. The molecule has 3 heteroatoms. The van der Waals surface area contributed by atoms with Crippen LogP contribution in [0, 0.1) is 0 Å². The number of ketones is 1. The molecule has 0 amide bonds. The van der Waals surface area contributed by atoms with Gasteiger partial charge in [-0.15, -0.1) is 0 Å². The van der Waals surface area contributed by atoms with Crippen molar-refractivity contribution in [2.45, 2.75) is 13.8 Å². The summed E-state index contributed by atoms with van der Waals surface area (Å²) in [5.41, 5.74) is 2.53. The zero-order valence-corrected chi connectivity index (χ0v) is 10.5. The molecule has 0 spiro atoms. The van der Waals surface area contributed by atoms with Gasteiger partial charge >= 0.3 is 0 Å². The Balaban J connectivity index is 2.54. The Kier molecular flexibility index (Phi) is 3.72. The molecule has 18 heavy (non-hydrogen) atoms. The largest absolute Gasteiger partial charge is 0.493 e. The van der Waals surface area contributed by atoms with Gasteiger partial charge in [-0.3, -0.25) is 9.78 Å². The molecule has 1 aromatic heterocycles. The Hall–Kier alpha value is -2.16. The normalized spacial score (nSPS) is 10.1. The molecule has 0 bridgehead atoms. The van der Waals surface area contributed by atoms with Crippen molar-refractivity contribution in [1.29, 1.82) is 0 Å². The van der Waals surface area contributed by atoms with E-state index in [-0.39, 0.29) is 5.78 Å². The smallest absolute Gasteiger partial charge is 0.159 e. The van der Waals surface area contributed by atoms with Crippen LogP contribution in [0.25, 0.3) is 11.1 Å². The Morgan fingerprint density at radius 2 is 2.17 bits per heavy atom. The zero-order valence-electron chi connectivity index (χ0n) is 10.5. The van der Waals surface area contributed by atoms with Gasteiger partial charge < -0.3 is 4.74 Å². The van der Waals surface area contributed by atoms with Gasteiger partial charge in [0.15, 0.2) is 5.78 Å². The first kappa shape index (κ1) is 12.3. The third-order valence-corrected chi connectivity index (χ3v) is 2.66. The number of Topliss-reactive ketones (excluding diaryl/α,β-unsaturated/α-hetero) is 1. The van der Waals surface area contributed by atoms with E-state index in [0.29, 0.717) is 12.2 Å². The molecular formula is C15H15NO2. The number of carbonyl (C=O) groups is 1. The Labute approximate surface area is 106 Å². The quantitative estimate of drug-likeness (QED) is 0.770. The van der Waals surface area contributed by atoms with Gasteiger partial charge in [0.2, 0.25) is 0 Å². The van der Waals surface area contributed by atoms with Gasteiger partial charge in [-0.1, -0.05) is 6.07 Å². The van der Waals surface area contributed by atoms with Crippen molar-refractivity contribution < 1.29 is 9.53 Å². The van der Waals surface area contributed by atoms with Crippen LogP contribution in [0.1, 0.15) is 24.2 Å². The fourth-order valence-corrected chi connectivity index (χ4v) is 1.78. The lowest BCUT2D eigenvalue weighted by Gasteiger charge is -2.11. The van der Waals surface area contributed by atoms with E-state index in [2.05, 4.69) is 4.98 Å². The van der Waals surface area contributed by atoms with Gasteiger partial charge in [-0.05, 0) is 38.1 Å². The number of aromatic nitrogens is 1. The van der Waals surface area contributed by atoms with Crippen molar-refractivity contribution in [3.05, 3.63) is 48.3 Å². The summed E-state index contributed by atoms with van der Waals surface area (Å²) in [7, 11) is 0. The lowest BCUT2D eigenvalue weighted by Crippen LogP contribution is -1.98. The van der Waals surface area contributed by atoms with Crippen LogP contribution in [0.3, 0.4) is 0 Å². The van der Waals surface area contributed by atoms with Crippen LogP contribution in [-0.2, 0) is 0 Å². The van der Waals surface area contributed by atoms with Crippen LogP contribution in [-0.4, -0.2) is 17.4 Å². The zero-order chi connectivity index (χ0) is 13.0. The number of carbonyl (C=O) groups excluding carboxylic acids is 1. The third-order valence-electron chi connectivity index (χ3n) is 2.66. The molecule has 92 valence electrons. The Morgan fingerprint density at radius 3 is 2.78 bits per heavy atom. The van der Waals surface area contributed by atoms with Crippen molar-refractivity contribution in [2.24, 2.45) is 0 Å². The summed E-state index contributed by atoms with van der Waals surface area (Å²) in [6.07, 6.45) is 3.49. The van der Waals surface area contributed by atoms with Crippen LogP contribution in [0.15, 0.2) is 42.7 Å². The van der Waals surface area contributed by atoms with E-state index in [9.17, 15) is 4.79 Å². The van der Waals surface area contributed by atoms with Crippen LogP contribution in [0.2, 0.25) is 0 Å². The maximum absolute atomic E-state index is 11.4. The molecule has 2 aromatic rings. The minimum Gasteiger partial charge on any atom is -0.493 e. The fourth-order valence-electron chi connectivity index (χ4n) is 1.78. The van der Waals surface area contributed by atoms with Gasteiger partial charge in [0.1, 0.15) is 5.75 Å². The van der Waals surface area contributed by atoms with Crippen LogP contribution in [0.4, 0.5) is 0 Å². The van der Waals surface area contributed by atoms with E-state index in [1.165, 1.54) is 0 Å². The van der Waals surface area contributed by atoms with Crippen LogP contribution < -0.4 is 4.74 Å². The van der Waals surface area contributed by atoms with E-state index in [0.717, 1.165) is 16.9 Å². The summed E-state index contributed by atoms with van der Waals surface area (Å²) < 4.78 is 5.59. The summed E-state index contributed by atoms with van der Waals surface area (Å²) in [6.45, 7) is 4.08. The highest BCUT2D eigenvalue weighted by Gasteiger charge is 2.09. The lowest BCUT2D eigenvalue weighted by atomic mass is 10.0. The van der Waals surface area contributed by atoms with E-state index >= 15 is 0 Å². The topological polar surface area (TPSA) is 39.2 Å². The predicted octanol–water partition coefficient (Wildman–Crippen LogP) is 3.35. The summed E-state index contributed by atoms with van der Waals surface area (Å²) in [5, 5.41) is 0. The number of ether oxygens (including phenoxy) is 1. The molecule has 0 aliphatic carbocycles. The minimum atomic E-state index is 0.0446. The maximum Gasteiger partial charge on any atom is 0.159 e. The molecule has 1 heterocycles. The van der Waals surface area contributed by atoms with Crippen molar-refractivity contribution in [2.75, 3.05) is 6.61 Å². The molecule has 0 fully saturated rings. The van der Waals surface area contributed by atoms with Crippen molar-refractivity contribution in [3.8, 4) is 16.9 Å². The molecule has 0 radical (unpaired) electrons. The number of hydrogen-bond acceptors (Lipinski definition) is 3. The summed E-state index contributed by atoms with van der Waals surface area (Å²) >= 11 is 0. The first-order valence-electron chi connectivity index (χ1n) is 5.90. The van der Waals surface area contributed by atoms with Crippen molar-refractivity contribution in [1.82, 2.24) is 4.98 Å². The van der Waals surface area contributed by atoms with Gasteiger partial charge in [0, 0.05) is 29.1 Å². The summed E-state index contributed by atoms with van der Waals surface area (Å²) in [6, 6.07) is 9.29. The number of pyridine rings is 1. The summed E-state index contributed by atoms with van der Waals surface area (Å²) in [4.78, 5) is 15.5. The van der Waals surface area contributed by atoms with E-state index in [4.69, 9.17) is 4.74 Å². The minimum absolute atomic E-state index is 0.0446. The molecule has 0 saturated carbocycles. The van der Waals surface area contributed by atoms with E-state index < -0.39 is 0 Å². The monoisotopic (exact) mass is 241 g/mol. The Bertz CT molecular complexity index is 550. The number of rotatable bonds is 4. The van der Waals surface area contributed by atoms with Gasteiger partial charge in [-0.2, -0.15) is 0 Å². The molecule has 0 aliphatic heterocycles. The third kappa shape index (κ3) is 2.56. The van der Waals surface area contributed by atoms with Gasteiger partial charge in [-0.25, -0.2) is 0 Å². The molecule has 0 aliphatic rings. The standard InChI is InChI=1S/C15H15NO2/c1-3-18-15-7-6-12(11(2)17)9-14(15)13-5-4-8-16-10-13/h4-10H,3H2,1-2H3. The number of benzene rings is 1. The molecule has 3 nitrogen and oxygen atoms in total. The van der Waals surface area contributed by atoms with E-state index in [1.54, 1.807) is 25.4 Å². The van der Waals surface area contributed by atoms with Crippen LogP contribution in [0.5, 0.6) is 5.75 Å². The predicted molar refractivity (Wildman–Crippen MR) is 70.8 cm³/mol. The highest BCUT2D eigenvalue weighted by molar-refractivity contribution is 5.96. The van der Waals surface area contributed by atoms with E-state index in [1.807, 2.05) is 31.2 Å². The molecule has 2 rings (SSSR count). The second kappa shape index (κ2) is 5.45. The first-order chi connectivity index (χ1) is 8.72. The maximum atomic E-state index is 11.4. The van der Waals surface area contributed by atoms with Gasteiger partial charge in [0.05, 0.1) is 6.61 Å². The fraction of sp³-hybridized carbons (Fsp3) is 0.200. The Morgan fingerprint density at radius 1 is 1.33 bits per heavy atom. The number of nitrogens with zero attached hydrogens (tertiary/aromatic N) is 1. The average molecular weight is 241 g/mol. The second-order valence-electron chi connectivity index (χ2n) is 3.94. The number of hydrogen-bond donors (Lipinski definition) is 0. The molecular weight excluding hydrogens is 226 g/mol. The molecule has 1 aromatic carbocycles. The highest BCUT2D eigenvalue weighted by atomic mass is 16.5. The molecule has 0 unspecified atom stereocenters. The average Bonchev–Trinajstić information content (AvgIpc) is 2.40. The van der Waals surface area contributed by atoms with Crippen molar-refractivity contribution in [3.63, 3.8) is 0 Å². The lowest BCUT2D eigenvalue weighted by molar-refractivity contribution is 0.101. The first-order valence-corrected chi connectivity index (χ1v) is 5.90. The summed E-state index contributed by atoms with van der Waals surface area (Å²) in [5.74, 6) is 0.818. The molecule has 0 atom stereocenters. The highest BCUT2D eigenvalue weighted by Crippen LogP contribution is 2.30. The van der Waals surface area contributed by atoms with Crippen molar-refractivity contribution >= 4 is 5.78 Å². The SMILES string of the molecule is CCOc1ccc(C(C)=O)cc1-c1cccnc1.